The SMILES string of the molecule is CC1Cc2ccc(CNC(=O)NC(C)(C)C)cc2N1C(=O)c1ccccc1. The fourth-order valence-corrected chi connectivity index (χ4v) is 3.36. The number of carbonyl (C=O) groups is 2. The molecular weight excluding hydrogens is 338 g/mol. The molecule has 3 amide bonds. The number of urea groups is 1. The molecule has 0 saturated carbocycles. The fourth-order valence-electron chi connectivity index (χ4n) is 3.36. The number of benzene rings is 2. The highest BCUT2D eigenvalue weighted by atomic mass is 16.2. The lowest BCUT2D eigenvalue weighted by atomic mass is 10.1. The first-order chi connectivity index (χ1) is 12.7. The predicted molar refractivity (Wildman–Crippen MR) is 108 cm³/mol. The molecule has 0 aliphatic carbocycles. The zero-order chi connectivity index (χ0) is 19.6. The average molecular weight is 365 g/mol. The molecule has 0 aromatic heterocycles. The molecule has 142 valence electrons. The monoisotopic (exact) mass is 365 g/mol. The van der Waals surface area contributed by atoms with Crippen LogP contribution in [-0.2, 0) is 13.0 Å². The number of anilines is 1. The quantitative estimate of drug-likeness (QED) is 0.867. The van der Waals surface area contributed by atoms with E-state index in [-0.39, 0.29) is 23.5 Å². The van der Waals surface area contributed by atoms with Gasteiger partial charge in [0, 0.05) is 29.4 Å². The van der Waals surface area contributed by atoms with Crippen molar-refractivity contribution in [3.05, 3.63) is 65.2 Å². The van der Waals surface area contributed by atoms with E-state index < -0.39 is 0 Å². The lowest BCUT2D eigenvalue weighted by Gasteiger charge is -2.23. The van der Waals surface area contributed by atoms with Crippen LogP contribution in [-0.4, -0.2) is 23.5 Å². The Balaban J connectivity index is 1.77. The van der Waals surface area contributed by atoms with Crippen molar-refractivity contribution < 1.29 is 9.59 Å². The van der Waals surface area contributed by atoms with Crippen molar-refractivity contribution in [2.75, 3.05) is 4.90 Å². The van der Waals surface area contributed by atoms with E-state index in [0.29, 0.717) is 12.1 Å². The maximum Gasteiger partial charge on any atom is 0.315 e. The van der Waals surface area contributed by atoms with Crippen molar-refractivity contribution in [3.63, 3.8) is 0 Å². The molecule has 1 heterocycles. The molecule has 5 nitrogen and oxygen atoms in total. The molecule has 1 aliphatic rings. The van der Waals surface area contributed by atoms with Gasteiger partial charge in [-0.2, -0.15) is 0 Å². The van der Waals surface area contributed by atoms with Crippen LogP contribution >= 0.6 is 0 Å². The van der Waals surface area contributed by atoms with Gasteiger partial charge in [0.1, 0.15) is 0 Å². The third-order valence-corrected chi connectivity index (χ3v) is 4.55. The Labute approximate surface area is 160 Å². The number of hydrogen-bond donors (Lipinski definition) is 2. The summed E-state index contributed by atoms with van der Waals surface area (Å²) >= 11 is 0. The van der Waals surface area contributed by atoms with Gasteiger partial charge in [-0.1, -0.05) is 30.3 Å². The Morgan fingerprint density at radius 3 is 2.48 bits per heavy atom. The van der Waals surface area contributed by atoms with E-state index in [4.69, 9.17) is 0 Å². The molecule has 1 aliphatic heterocycles. The fraction of sp³-hybridized carbons (Fsp3) is 0.364. The van der Waals surface area contributed by atoms with Crippen molar-refractivity contribution in [1.29, 1.82) is 0 Å². The minimum atomic E-state index is -0.281. The molecule has 1 unspecified atom stereocenters. The highest BCUT2D eigenvalue weighted by molar-refractivity contribution is 6.07. The second-order valence-corrected chi connectivity index (χ2v) is 8.12. The van der Waals surface area contributed by atoms with Crippen LogP contribution in [0.2, 0.25) is 0 Å². The third-order valence-electron chi connectivity index (χ3n) is 4.55. The highest BCUT2D eigenvalue weighted by Crippen LogP contribution is 2.34. The highest BCUT2D eigenvalue weighted by Gasteiger charge is 2.31. The van der Waals surface area contributed by atoms with Crippen LogP contribution < -0.4 is 15.5 Å². The number of rotatable bonds is 3. The third kappa shape index (κ3) is 4.48. The Kier molecular flexibility index (Phi) is 5.22. The molecule has 1 atom stereocenters. The van der Waals surface area contributed by atoms with Gasteiger partial charge >= 0.3 is 6.03 Å². The molecule has 0 fully saturated rings. The van der Waals surface area contributed by atoms with Gasteiger partial charge in [-0.05, 0) is 63.4 Å². The molecule has 0 radical (unpaired) electrons. The number of hydrogen-bond acceptors (Lipinski definition) is 2. The van der Waals surface area contributed by atoms with E-state index in [1.807, 2.05) is 68.1 Å². The van der Waals surface area contributed by atoms with Crippen LogP contribution in [0.25, 0.3) is 0 Å². The second kappa shape index (κ2) is 7.43. The van der Waals surface area contributed by atoms with Crippen LogP contribution in [0.1, 0.15) is 49.2 Å². The molecule has 3 rings (SSSR count). The van der Waals surface area contributed by atoms with E-state index in [0.717, 1.165) is 23.2 Å². The number of nitrogens with one attached hydrogen (secondary N) is 2. The van der Waals surface area contributed by atoms with E-state index in [1.54, 1.807) is 0 Å². The Morgan fingerprint density at radius 2 is 1.81 bits per heavy atom. The number of nitrogens with zero attached hydrogens (tertiary/aromatic N) is 1. The van der Waals surface area contributed by atoms with Crippen molar-refractivity contribution >= 4 is 17.6 Å². The van der Waals surface area contributed by atoms with E-state index in [1.165, 1.54) is 0 Å². The topological polar surface area (TPSA) is 61.4 Å². The van der Waals surface area contributed by atoms with Gasteiger partial charge in [-0.3, -0.25) is 4.79 Å². The first-order valence-corrected chi connectivity index (χ1v) is 9.31. The maximum absolute atomic E-state index is 13.0. The molecule has 2 N–H and O–H groups in total. The van der Waals surface area contributed by atoms with E-state index >= 15 is 0 Å². The molecule has 5 heteroatoms. The largest absolute Gasteiger partial charge is 0.334 e. The van der Waals surface area contributed by atoms with Gasteiger partial charge in [-0.25, -0.2) is 4.79 Å². The minimum Gasteiger partial charge on any atom is -0.334 e. The lowest BCUT2D eigenvalue weighted by molar-refractivity contribution is 0.0981. The van der Waals surface area contributed by atoms with Gasteiger partial charge in [0.05, 0.1) is 0 Å². The Bertz CT molecular complexity index is 840. The number of carbonyl (C=O) groups excluding carboxylic acids is 2. The Hall–Kier alpha value is -2.82. The first-order valence-electron chi connectivity index (χ1n) is 9.31. The standard InChI is InChI=1S/C22H27N3O2/c1-15-12-18-11-10-16(14-23-21(27)24-22(2,3)4)13-19(18)25(15)20(26)17-8-6-5-7-9-17/h5-11,13,15H,12,14H2,1-4H3,(H2,23,24,27). The van der Waals surface area contributed by atoms with Crippen molar-refractivity contribution in [2.24, 2.45) is 0 Å². The summed E-state index contributed by atoms with van der Waals surface area (Å²) in [6.45, 7) is 8.30. The van der Waals surface area contributed by atoms with Crippen LogP contribution in [0.4, 0.5) is 10.5 Å². The first kappa shape index (κ1) is 19.0. The Morgan fingerprint density at radius 1 is 1.11 bits per heavy atom. The smallest absolute Gasteiger partial charge is 0.315 e. The molecular formula is C22H27N3O2. The summed E-state index contributed by atoms with van der Waals surface area (Å²) in [5.41, 5.74) is 3.47. The summed E-state index contributed by atoms with van der Waals surface area (Å²) in [6.07, 6.45) is 0.839. The summed E-state index contributed by atoms with van der Waals surface area (Å²) in [5.74, 6) is 0.0115. The second-order valence-electron chi connectivity index (χ2n) is 8.12. The van der Waals surface area contributed by atoms with E-state index in [2.05, 4.69) is 23.6 Å². The number of amides is 3. The number of fused-ring (bicyclic) bond motifs is 1. The summed E-state index contributed by atoms with van der Waals surface area (Å²) in [4.78, 5) is 26.9. The summed E-state index contributed by atoms with van der Waals surface area (Å²) < 4.78 is 0. The average Bonchev–Trinajstić information content (AvgIpc) is 2.93. The van der Waals surface area contributed by atoms with Gasteiger partial charge < -0.3 is 15.5 Å². The molecule has 27 heavy (non-hydrogen) atoms. The van der Waals surface area contributed by atoms with Gasteiger partial charge in [0.2, 0.25) is 0 Å². The van der Waals surface area contributed by atoms with Crippen molar-refractivity contribution in [2.45, 2.75) is 52.2 Å². The lowest BCUT2D eigenvalue weighted by Crippen LogP contribution is -2.46. The summed E-state index contributed by atoms with van der Waals surface area (Å²) in [6, 6.07) is 15.3. The van der Waals surface area contributed by atoms with Crippen LogP contribution in [0.15, 0.2) is 48.5 Å². The van der Waals surface area contributed by atoms with E-state index in [9.17, 15) is 9.59 Å². The van der Waals surface area contributed by atoms with Crippen LogP contribution in [0.5, 0.6) is 0 Å². The predicted octanol–water partition coefficient (Wildman–Crippen LogP) is 3.88. The molecule has 2 aromatic carbocycles. The van der Waals surface area contributed by atoms with Gasteiger partial charge in [0.15, 0.2) is 0 Å². The molecule has 2 aromatic rings. The van der Waals surface area contributed by atoms with Crippen LogP contribution in [0, 0.1) is 0 Å². The van der Waals surface area contributed by atoms with Gasteiger partial charge in [0.25, 0.3) is 5.91 Å². The molecule has 0 bridgehead atoms. The van der Waals surface area contributed by atoms with Crippen molar-refractivity contribution in [1.82, 2.24) is 10.6 Å². The zero-order valence-corrected chi connectivity index (χ0v) is 16.4. The zero-order valence-electron chi connectivity index (χ0n) is 16.4. The normalized spacial score (nSPS) is 16.0. The van der Waals surface area contributed by atoms with Crippen LogP contribution in [0.3, 0.4) is 0 Å². The minimum absolute atomic E-state index is 0.0115. The summed E-state index contributed by atoms with van der Waals surface area (Å²) in [5, 5.41) is 5.76. The van der Waals surface area contributed by atoms with Crippen molar-refractivity contribution in [3.8, 4) is 0 Å². The molecule has 0 saturated heterocycles. The van der Waals surface area contributed by atoms with Gasteiger partial charge in [-0.15, -0.1) is 0 Å². The summed E-state index contributed by atoms with van der Waals surface area (Å²) in [7, 11) is 0. The molecule has 0 spiro atoms. The maximum atomic E-state index is 13.0.